The van der Waals surface area contributed by atoms with Gasteiger partial charge in [-0.15, -0.1) is 0 Å². The monoisotopic (exact) mass is 259 g/mol. The van der Waals surface area contributed by atoms with Crippen LogP contribution in [0.5, 0.6) is 0 Å². The number of nitrogens with zero attached hydrogens (tertiary/aromatic N) is 1. The van der Waals surface area contributed by atoms with Gasteiger partial charge in [0.2, 0.25) is 0 Å². The summed E-state index contributed by atoms with van der Waals surface area (Å²) in [6.45, 7) is 2.55. The van der Waals surface area contributed by atoms with Gasteiger partial charge in [-0.1, -0.05) is 24.6 Å². The van der Waals surface area contributed by atoms with E-state index in [4.69, 9.17) is 16.7 Å². The summed E-state index contributed by atoms with van der Waals surface area (Å²) in [5, 5.41) is 8.87. The lowest BCUT2D eigenvalue weighted by Gasteiger charge is -2.19. The molecular formula is C12H15ClFNO2. The van der Waals surface area contributed by atoms with Crippen molar-refractivity contribution < 1.29 is 14.3 Å². The molecule has 0 saturated carbocycles. The zero-order valence-corrected chi connectivity index (χ0v) is 10.5. The Morgan fingerprint density at radius 3 is 2.76 bits per heavy atom. The molecule has 3 nitrogen and oxygen atoms in total. The highest BCUT2D eigenvalue weighted by atomic mass is 35.5. The Labute approximate surface area is 105 Å². The number of aliphatic carboxylic acids is 1. The van der Waals surface area contributed by atoms with Crippen LogP contribution in [0.4, 0.5) is 4.39 Å². The van der Waals surface area contributed by atoms with Gasteiger partial charge in [0.25, 0.3) is 0 Å². The van der Waals surface area contributed by atoms with Crippen molar-refractivity contribution in [3.8, 4) is 0 Å². The number of halogens is 2. The number of hydrogen-bond donors (Lipinski definition) is 1. The van der Waals surface area contributed by atoms with Gasteiger partial charge in [0.15, 0.2) is 0 Å². The number of hydrogen-bond acceptors (Lipinski definition) is 2. The number of carboxylic acid groups (broad SMARTS) is 1. The van der Waals surface area contributed by atoms with E-state index in [1.807, 2.05) is 4.90 Å². The smallest absolute Gasteiger partial charge is 0.307 e. The molecule has 0 aliphatic heterocycles. The molecule has 0 aliphatic rings. The van der Waals surface area contributed by atoms with Gasteiger partial charge in [0, 0.05) is 13.1 Å². The molecule has 0 aliphatic carbocycles. The average molecular weight is 260 g/mol. The second-order valence-electron chi connectivity index (χ2n) is 4.18. The summed E-state index contributed by atoms with van der Waals surface area (Å²) in [6.07, 6.45) is 0. The molecule has 0 spiro atoms. The van der Waals surface area contributed by atoms with E-state index >= 15 is 0 Å². The minimum atomic E-state index is -0.834. The summed E-state index contributed by atoms with van der Waals surface area (Å²) < 4.78 is 13.2. The van der Waals surface area contributed by atoms with E-state index in [9.17, 15) is 9.18 Å². The van der Waals surface area contributed by atoms with E-state index in [0.717, 1.165) is 5.56 Å². The zero-order chi connectivity index (χ0) is 13.0. The first-order valence-corrected chi connectivity index (χ1v) is 5.63. The molecule has 1 atom stereocenters. The Bertz CT molecular complexity index is 411. The molecule has 1 rings (SSSR count). The Kier molecular flexibility index (Phi) is 4.90. The summed E-state index contributed by atoms with van der Waals surface area (Å²) in [4.78, 5) is 12.5. The fourth-order valence-corrected chi connectivity index (χ4v) is 1.68. The fourth-order valence-electron chi connectivity index (χ4n) is 1.56. The lowest BCUT2D eigenvalue weighted by molar-refractivity contribution is -0.141. The van der Waals surface area contributed by atoms with E-state index in [1.165, 1.54) is 12.1 Å². The first-order valence-electron chi connectivity index (χ1n) is 5.25. The maximum atomic E-state index is 13.2. The molecule has 0 amide bonds. The average Bonchev–Trinajstić information content (AvgIpc) is 2.23. The summed E-state index contributed by atoms with van der Waals surface area (Å²) in [5.74, 6) is -1.74. The van der Waals surface area contributed by atoms with Gasteiger partial charge >= 0.3 is 5.97 Å². The van der Waals surface area contributed by atoms with Crippen molar-refractivity contribution in [1.82, 2.24) is 4.90 Å². The lowest BCUT2D eigenvalue weighted by atomic mass is 10.1. The van der Waals surface area contributed by atoms with Crippen LogP contribution in [0.3, 0.4) is 0 Å². The van der Waals surface area contributed by atoms with Crippen LogP contribution >= 0.6 is 11.6 Å². The molecule has 1 unspecified atom stereocenters. The molecular weight excluding hydrogens is 245 g/mol. The molecule has 0 heterocycles. The standard InChI is InChI=1S/C12H15ClFNO2/c1-8(12(16)17)6-15(2)7-9-3-4-10(13)11(14)5-9/h3-5,8H,6-7H2,1-2H3,(H,16,17). The summed E-state index contributed by atoms with van der Waals surface area (Å²) in [5.41, 5.74) is 0.770. The van der Waals surface area contributed by atoms with Crippen molar-refractivity contribution >= 4 is 17.6 Å². The third-order valence-electron chi connectivity index (χ3n) is 2.44. The van der Waals surface area contributed by atoms with Crippen molar-refractivity contribution in [1.29, 1.82) is 0 Å². The topological polar surface area (TPSA) is 40.5 Å². The second kappa shape index (κ2) is 5.98. The largest absolute Gasteiger partial charge is 0.481 e. The van der Waals surface area contributed by atoms with E-state index in [0.29, 0.717) is 13.1 Å². The first kappa shape index (κ1) is 13.9. The third kappa shape index (κ3) is 4.32. The summed E-state index contributed by atoms with van der Waals surface area (Å²) in [6, 6.07) is 4.60. The minimum absolute atomic E-state index is 0.0929. The summed E-state index contributed by atoms with van der Waals surface area (Å²) >= 11 is 5.58. The molecule has 0 radical (unpaired) electrons. The van der Waals surface area contributed by atoms with Crippen molar-refractivity contribution in [2.75, 3.05) is 13.6 Å². The van der Waals surface area contributed by atoms with Crippen LogP contribution in [0.2, 0.25) is 5.02 Å². The van der Waals surface area contributed by atoms with Crippen molar-refractivity contribution in [2.24, 2.45) is 5.92 Å². The maximum Gasteiger partial charge on any atom is 0.307 e. The van der Waals surface area contributed by atoms with E-state index in [2.05, 4.69) is 0 Å². The van der Waals surface area contributed by atoms with Crippen LogP contribution in [-0.4, -0.2) is 29.6 Å². The van der Waals surface area contributed by atoms with Crippen LogP contribution in [0, 0.1) is 11.7 Å². The third-order valence-corrected chi connectivity index (χ3v) is 2.75. The Balaban J connectivity index is 2.58. The molecule has 0 aromatic heterocycles. The highest BCUT2D eigenvalue weighted by Crippen LogP contribution is 2.16. The minimum Gasteiger partial charge on any atom is -0.481 e. The Morgan fingerprint density at radius 1 is 1.59 bits per heavy atom. The second-order valence-corrected chi connectivity index (χ2v) is 4.59. The SMILES string of the molecule is CC(CN(C)Cc1ccc(Cl)c(F)c1)C(=O)O. The number of benzene rings is 1. The van der Waals surface area contributed by atoms with E-state index in [-0.39, 0.29) is 5.02 Å². The molecule has 0 bridgehead atoms. The predicted octanol–water partition coefficient (Wildman–Crippen LogP) is 2.63. The molecule has 0 fully saturated rings. The quantitative estimate of drug-likeness (QED) is 0.884. The number of rotatable bonds is 5. The first-order chi connectivity index (χ1) is 7.90. The van der Waals surface area contributed by atoms with Crippen LogP contribution in [0.25, 0.3) is 0 Å². The van der Waals surface area contributed by atoms with E-state index < -0.39 is 17.7 Å². The fraction of sp³-hybridized carbons (Fsp3) is 0.417. The normalized spacial score (nSPS) is 12.8. The highest BCUT2D eigenvalue weighted by molar-refractivity contribution is 6.30. The number of carboxylic acids is 1. The van der Waals surface area contributed by atoms with Gasteiger partial charge in [0.05, 0.1) is 10.9 Å². The highest BCUT2D eigenvalue weighted by Gasteiger charge is 2.13. The van der Waals surface area contributed by atoms with E-state index in [1.54, 1.807) is 20.0 Å². The van der Waals surface area contributed by atoms with Crippen LogP contribution in [-0.2, 0) is 11.3 Å². The molecule has 17 heavy (non-hydrogen) atoms. The predicted molar refractivity (Wildman–Crippen MR) is 64.5 cm³/mol. The Morgan fingerprint density at radius 2 is 2.24 bits per heavy atom. The Hall–Kier alpha value is -1.13. The molecule has 0 saturated heterocycles. The molecule has 5 heteroatoms. The van der Waals surface area contributed by atoms with Gasteiger partial charge in [0.1, 0.15) is 5.82 Å². The number of carbonyl (C=O) groups is 1. The van der Waals surface area contributed by atoms with Crippen molar-refractivity contribution in [2.45, 2.75) is 13.5 Å². The van der Waals surface area contributed by atoms with Gasteiger partial charge in [-0.05, 0) is 24.7 Å². The van der Waals surface area contributed by atoms with Crippen LogP contribution in [0.15, 0.2) is 18.2 Å². The van der Waals surface area contributed by atoms with Crippen molar-refractivity contribution in [3.63, 3.8) is 0 Å². The zero-order valence-electron chi connectivity index (χ0n) is 9.78. The molecule has 94 valence electrons. The molecule has 1 aromatic carbocycles. The molecule has 1 N–H and O–H groups in total. The van der Waals surface area contributed by atoms with Gasteiger partial charge < -0.3 is 10.0 Å². The van der Waals surface area contributed by atoms with Crippen molar-refractivity contribution in [3.05, 3.63) is 34.6 Å². The lowest BCUT2D eigenvalue weighted by Crippen LogP contribution is -2.28. The van der Waals surface area contributed by atoms with Crippen LogP contribution in [0.1, 0.15) is 12.5 Å². The van der Waals surface area contributed by atoms with Gasteiger partial charge in [-0.3, -0.25) is 4.79 Å². The van der Waals surface area contributed by atoms with Crippen LogP contribution < -0.4 is 0 Å². The van der Waals surface area contributed by atoms with Gasteiger partial charge in [-0.2, -0.15) is 0 Å². The summed E-state index contributed by atoms with van der Waals surface area (Å²) in [7, 11) is 1.80. The maximum absolute atomic E-state index is 13.2. The molecule has 1 aromatic rings. The van der Waals surface area contributed by atoms with Gasteiger partial charge in [-0.25, -0.2) is 4.39 Å².